The molecule has 0 bridgehead atoms. The number of carbonyl (C=O) groups is 1. The highest BCUT2D eigenvalue weighted by Crippen LogP contribution is 2.25. The maximum absolute atomic E-state index is 13.1. The Morgan fingerprint density at radius 2 is 1.76 bits per heavy atom. The number of quaternary nitrogens is 1. The van der Waals surface area contributed by atoms with Gasteiger partial charge in [-0.15, -0.1) is 11.3 Å². The molecular formula is C23H25FN3OS+. The SMILES string of the molecule is O=C(C[NH+]1CCN(c2ccc(F)cc2)CC1)N[C@H](c1ccccc1)c1cccs1. The number of halogens is 1. The van der Waals surface area contributed by atoms with Crippen molar-refractivity contribution in [3.63, 3.8) is 0 Å². The Hall–Kier alpha value is -2.70. The van der Waals surface area contributed by atoms with Gasteiger partial charge in [-0.2, -0.15) is 0 Å². The number of piperazine rings is 1. The lowest BCUT2D eigenvalue weighted by Gasteiger charge is -2.33. The molecule has 2 heterocycles. The van der Waals surface area contributed by atoms with Gasteiger partial charge >= 0.3 is 0 Å². The van der Waals surface area contributed by atoms with Crippen LogP contribution in [-0.2, 0) is 4.79 Å². The number of carbonyl (C=O) groups excluding carboxylic acids is 1. The van der Waals surface area contributed by atoms with E-state index in [1.54, 1.807) is 11.3 Å². The van der Waals surface area contributed by atoms with Gasteiger partial charge in [0.25, 0.3) is 5.91 Å². The molecule has 1 amide bonds. The largest absolute Gasteiger partial charge is 0.360 e. The van der Waals surface area contributed by atoms with Crippen LogP contribution < -0.4 is 15.1 Å². The van der Waals surface area contributed by atoms with Crippen molar-refractivity contribution in [1.29, 1.82) is 0 Å². The summed E-state index contributed by atoms with van der Waals surface area (Å²) in [7, 11) is 0. The van der Waals surface area contributed by atoms with Crippen molar-refractivity contribution in [3.8, 4) is 0 Å². The predicted octanol–water partition coefficient (Wildman–Crippen LogP) is 2.50. The first-order chi connectivity index (χ1) is 14.2. The van der Waals surface area contributed by atoms with Crippen LogP contribution >= 0.6 is 11.3 Å². The van der Waals surface area contributed by atoms with Gasteiger partial charge in [-0.3, -0.25) is 4.79 Å². The monoisotopic (exact) mass is 410 g/mol. The summed E-state index contributed by atoms with van der Waals surface area (Å²) in [6.45, 7) is 3.97. The fourth-order valence-corrected chi connectivity index (χ4v) is 4.57. The molecule has 3 aromatic rings. The Bertz CT molecular complexity index is 907. The van der Waals surface area contributed by atoms with Crippen molar-refractivity contribution < 1.29 is 14.1 Å². The lowest BCUT2D eigenvalue weighted by atomic mass is 10.1. The molecule has 1 aliphatic rings. The highest BCUT2D eigenvalue weighted by molar-refractivity contribution is 7.10. The molecule has 0 radical (unpaired) electrons. The van der Waals surface area contributed by atoms with E-state index in [2.05, 4.69) is 28.4 Å². The summed E-state index contributed by atoms with van der Waals surface area (Å²) in [5.41, 5.74) is 2.14. The Balaban J connectivity index is 1.34. The lowest BCUT2D eigenvalue weighted by molar-refractivity contribution is -0.892. The van der Waals surface area contributed by atoms with Gasteiger partial charge in [0.05, 0.1) is 32.2 Å². The number of anilines is 1. The third-order valence-electron chi connectivity index (χ3n) is 5.34. The van der Waals surface area contributed by atoms with E-state index >= 15 is 0 Å². The van der Waals surface area contributed by atoms with Crippen LogP contribution in [-0.4, -0.2) is 38.6 Å². The summed E-state index contributed by atoms with van der Waals surface area (Å²) in [5, 5.41) is 5.27. The van der Waals surface area contributed by atoms with E-state index in [9.17, 15) is 9.18 Å². The van der Waals surface area contributed by atoms with Crippen LogP contribution in [0.15, 0.2) is 72.1 Å². The van der Waals surface area contributed by atoms with E-state index in [4.69, 9.17) is 0 Å². The third kappa shape index (κ3) is 5.02. The molecule has 2 aromatic carbocycles. The minimum absolute atomic E-state index is 0.0671. The molecule has 1 atom stereocenters. The third-order valence-corrected chi connectivity index (χ3v) is 6.28. The highest BCUT2D eigenvalue weighted by atomic mass is 32.1. The van der Waals surface area contributed by atoms with E-state index in [1.165, 1.54) is 17.0 Å². The molecular weight excluding hydrogens is 385 g/mol. The van der Waals surface area contributed by atoms with Gasteiger partial charge in [0.15, 0.2) is 6.54 Å². The molecule has 0 unspecified atom stereocenters. The molecule has 4 rings (SSSR count). The van der Waals surface area contributed by atoms with Gasteiger partial charge in [0.2, 0.25) is 0 Å². The van der Waals surface area contributed by atoms with Crippen LogP contribution in [0.3, 0.4) is 0 Å². The lowest BCUT2D eigenvalue weighted by Crippen LogP contribution is -3.16. The minimum atomic E-state index is -0.214. The summed E-state index contributed by atoms with van der Waals surface area (Å²) in [4.78, 5) is 17.5. The predicted molar refractivity (Wildman–Crippen MR) is 115 cm³/mol. The Morgan fingerprint density at radius 3 is 2.41 bits per heavy atom. The molecule has 0 spiro atoms. The molecule has 4 nitrogen and oxygen atoms in total. The van der Waals surface area contributed by atoms with E-state index < -0.39 is 0 Å². The van der Waals surface area contributed by atoms with E-state index in [0.29, 0.717) is 6.54 Å². The van der Waals surface area contributed by atoms with E-state index in [-0.39, 0.29) is 17.8 Å². The first kappa shape index (κ1) is 19.6. The molecule has 150 valence electrons. The van der Waals surface area contributed by atoms with Gasteiger partial charge in [-0.05, 0) is 41.3 Å². The van der Waals surface area contributed by atoms with Gasteiger partial charge in [0, 0.05) is 10.6 Å². The number of amides is 1. The number of hydrogen-bond donors (Lipinski definition) is 2. The van der Waals surface area contributed by atoms with Crippen molar-refractivity contribution in [2.75, 3.05) is 37.6 Å². The topological polar surface area (TPSA) is 36.8 Å². The normalized spacial score (nSPS) is 15.8. The minimum Gasteiger partial charge on any atom is -0.360 e. The standard InChI is InChI=1S/C23H24FN3OS/c24-19-8-10-20(11-9-19)27-14-12-26(13-15-27)17-22(28)25-23(21-7-4-16-29-21)18-5-2-1-3-6-18/h1-11,16,23H,12-15,17H2,(H,25,28)/p+1/t23-/m1/s1. The fourth-order valence-electron chi connectivity index (χ4n) is 3.77. The molecule has 2 N–H and O–H groups in total. The number of rotatable bonds is 6. The second kappa shape index (κ2) is 9.20. The summed E-state index contributed by atoms with van der Waals surface area (Å²) in [6.07, 6.45) is 0. The van der Waals surface area contributed by atoms with Crippen LogP contribution in [0.5, 0.6) is 0 Å². The first-order valence-electron chi connectivity index (χ1n) is 9.91. The van der Waals surface area contributed by atoms with Crippen LogP contribution in [0, 0.1) is 5.82 Å². The van der Waals surface area contributed by atoms with Crippen molar-refractivity contribution in [3.05, 3.63) is 88.4 Å². The van der Waals surface area contributed by atoms with Gasteiger partial charge in [0.1, 0.15) is 5.82 Å². The quantitative estimate of drug-likeness (QED) is 0.655. The second-order valence-corrected chi connectivity index (χ2v) is 8.30. The van der Waals surface area contributed by atoms with Crippen LogP contribution in [0.2, 0.25) is 0 Å². The smallest absolute Gasteiger partial charge is 0.275 e. The summed E-state index contributed by atoms with van der Waals surface area (Å²) in [5.74, 6) is -0.147. The number of nitrogens with zero attached hydrogens (tertiary/aromatic N) is 1. The Morgan fingerprint density at radius 1 is 1.03 bits per heavy atom. The number of hydrogen-bond acceptors (Lipinski definition) is 3. The maximum Gasteiger partial charge on any atom is 0.275 e. The highest BCUT2D eigenvalue weighted by Gasteiger charge is 2.24. The van der Waals surface area contributed by atoms with Crippen LogP contribution in [0.1, 0.15) is 16.5 Å². The van der Waals surface area contributed by atoms with Crippen molar-refractivity contribution in [1.82, 2.24) is 5.32 Å². The average Bonchev–Trinajstić information content (AvgIpc) is 3.28. The maximum atomic E-state index is 13.1. The number of nitrogens with one attached hydrogen (secondary N) is 2. The number of benzene rings is 2. The van der Waals surface area contributed by atoms with Crippen LogP contribution in [0.4, 0.5) is 10.1 Å². The Labute approximate surface area is 174 Å². The second-order valence-electron chi connectivity index (χ2n) is 7.32. The van der Waals surface area contributed by atoms with Crippen LogP contribution in [0.25, 0.3) is 0 Å². The zero-order valence-electron chi connectivity index (χ0n) is 16.2. The molecule has 1 aromatic heterocycles. The van der Waals surface area contributed by atoms with Gasteiger partial charge < -0.3 is 15.1 Å². The van der Waals surface area contributed by atoms with Gasteiger partial charge in [-0.1, -0.05) is 36.4 Å². The molecule has 29 heavy (non-hydrogen) atoms. The summed E-state index contributed by atoms with van der Waals surface area (Å²) in [6, 6.07) is 20.7. The first-order valence-corrected chi connectivity index (χ1v) is 10.8. The molecule has 0 aliphatic carbocycles. The number of thiophene rings is 1. The van der Waals surface area contributed by atoms with E-state index in [0.717, 1.165) is 42.3 Å². The molecule has 1 saturated heterocycles. The van der Waals surface area contributed by atoms with Crippen molar-refractivity contribution >= 4 is 22.9 Å². The molecule has 1 fully saturated rings. The average molecular weight is 411 g/mol. The summed E-state index contributed by atoms with van der Waals surface area (Å²) >= 11 is 1.66. The van der Waals surface area contributed by atoms with Gasteiger partial charge in [-0.25, -0.2) is 4.39 Å². The molecule has 6 heteroatoms. The molecule has 1 aliphatic heterocycles. The van der Waals surface area contributed by atoms with Crippen molar-refractivity contribution in [2.24, 2.45) is 0 Å². The van der Waals surface area contributed by atoms with Crippen molar-refractivity contribution in [2.45, 2.75) is 6.04 Å². The zero-order valence-corrected chi connectivity index (χ0v) is 17.0. The fraction of sp³-hybridized carbons (Fsp3) is 0.261. The van der Waals surface area contributed by atoms with E-state index in [1.807, 2.05) is 41.8 Å². The Kier molecular flexibility index (Phi) is 6.22. The zero-order chi connectivity index (χ0) is 20.1. The summed E-state index contributed by atoms with van der Waals surface area (Å²) < 4.78 is 13.1. The molecule has 0 saturated carbocycles.